The number of nitrogens with one attached hydrogen (secondary N) is 1. The number of nitrogens with zero attached hydrogens (tertiary/aromatic N) is 4. The van der Waals surface area contributed by atoms with E-state index in [9.17, 15) is 4.79 Å². The maximum absolute atomic E-state index is 12.3. The number of carbonyl (C=O) groups excluding carboxylic acids is 1. The Hall–Kier alpha value is -2.34. The quantitative estimate of drug-likeness (QED) is 0.777. The van der Waals surface area contributed by atoms with E-state index in [-0.39, 0.29) is 11.8 Å². The number of aromatic nitrogens is 4. The molecule has 0 bridgehead atoms. The van der Waals surface area contributed by atoms with E-state index >= 15 is 0 Å². The fourth-order valence-corrected chi connectivity index (χ4v) is 3.79. The lowest BCUT2D eigenvalue weighted by Crippen LogP contribution is -2.21. The molecule has 4 heterocycles. The summed E-state index contributed by atoms with van der Waals surface area (Å²) in [6.07, 6.45) is 3.09. The van der Waals surface area contributed by atoms with E-state index in [0.29, 0.717) is 18.1 Å². The average molecular weight is 344 g/mol. The fourth-order valence-electron chi connectivity index (χ4n) is 3.52. The molecule has 0 saturated heterocycles. The van der Waals surface area contributed by atoms with E-state index in [0.717, 1.165) is 34.7 Å². The topological polar surface area (TPSA) is 64.2 Å². The van der Waals surface area contributed by atoms with Gasteiger partial charge in [-0.05, 0) is 18.6 Å². The van der Waals surface area contributed by atoms with Crippen molar-refractivity contribution in [2.24, 2.45) is 7.05 Å². The first-order chi connectivity index (χ1) is 11.6. The van der Waals surface area contributed by atoms with Gasteiger partial charge in [-0.1, -0.05) is 24.6 Å². The van der Waals surface area contributed by atoms with Gasteiger partial charge in [0.05, 0.1) is 23.6 Å². The number of amides is 1. The van der Waals surface area contributed by atoms with Crippen LogP contribution in [0.1, 0.15) is 41.9 Å². The number of imidazole rings is 1. The molecule has 0 aliphatic carbocycles. The van der Waals surface area contributed by atoms with Crippen molar-refractivity contribution < 1.29 is 4.79 Å². The predicted octanol–water partition coefficient (Wildman–Crippen LogP) is 2.44. The Bertz CT molecular complexity index is 942. The number of aryl methyl sites for hydroxylation is 2. The molecule has 1 aliphatic heterocycles. The molecule has 6 nitrogen and oxygen atoms in total. The summed E-state index contributed by atoms with van der Waals surface area (Å²) in [5.74, 6) is -0.152. The van der Waals surface area contributed by atoms with E-state index in [4.69, 9.17) is 16.6 Å². The van der Waals surface area contributed by atoms with Crippen LogP contribution in [0.4, 0.5) is 0 Å². The minimum atomic E-state index is -0.156. The van der Waals surface area contributed by atoms with Gasteiger partial charge in [0.25, 0.3) is 0 Å². The van der Waals surface area contributed by atoms with Crippen molar-refractivity contribution in [1.82, 2.24) is 24.5 Å². The second-order valence-corrected chi connectivity index (χ2v) is 6.39. The lowest BCUT2D eigenvalue weighted by Gasteiger charge is -2.16. The molecule has 1 atom stereocenters. The van der Waals surface area contributed by atoms with Crippen LogP contribution < -0.4 is 5.32 Å². The third-order valence-electron chi connectivity index (χ3n) is 4.59. The maximum Gasteiger partial charge on any atom is 0.221 e. The van der Waals surface area contributed by atoms with Crippen LogP contribution >= 0.6 is 11.6 Å². The first-order valence-electron chi connectivity index (χ1n) is 8.04. The molecule has 24 heavy (non-hydrogen) atoms. The Kier molecular flexibility index (Phi) is 3.57. The molecule has 0 fully saturated rings. The molecular formula is C17H18ClN5O. The predicted molar refractivity (Wildman–Crippen MR) is 91.1 cm³/mol. The number of rotatable bonds is 2. The van der Waals surface area contributed by atoms with Gasteiger partial charge in [-0.2, -0.15) is 5.10 Å². The van der Waals surface area contributed by atoms with E-state index in [2.05, 4.69) is 14.8 Å². The SMILES string of the molecule is CCc1nn(C)c(Cl)c1[C@@H]1CC(=O)NCc2nc3ccccn3c21. The van der Waals surface area contributed by atoms with Gasteiger partial charge in [0.15, 0.2) is 0 Å². The summed E-state index contributed by atoms with van der Waals surface area (Å²) in [6.45, 7) is 2.49. The molecule has 1 aliphatic rings. The van der Waals surface area contributed by atoms with E-state index < -0.39 is 0 Å². The molecule has 124 valence electrons. The molecule has 0 saturated carbocycles. The maximum atomic E-state index is 12.3. The van der Waals surface area contributed by atoms with E-state index in [1.165, 1.54) is 0 Å². The van der Waals surface area contributed by atoms with Crippen molar-refractivity contribution in [3.63, 3.8) is 0 Å². The van der Waals surface area contributed by atoms with Gasteiger partial charge in [0.1, 0.15) is 10.8 Å². The number of hydrogen-bond donors (Lipinski definition) is 1. The molecule has 0 aromatic carbocycles. The zero-order chi connectivity index (χ0) is 16.8. The van der Waals surface area contributed by atoms with Crippen molar-refractivity contribution in [2.45, 2.75) is 32.2 Å². The van der Waals surface area contributed by atoms with Crippen LogP contribution in [-0.2, 0) is 24.8 Å². The number of fused-ring (bicyclic) bond motifs is 3. The average Bonchev–Trinajstić information content (AvgIpc) is 3.03. The molecule has 0 spiro atoms. The largest absolute Gasteiger partial charge is 0.350 e. The number of hydrogen-bond acceptors (Lipinski definition) is 3. The number of carbonyl (C=O) groups is 1. The van der Waals surface area contributed by atoms with Gasteiger partial charge in [0, 0.05) is 31.1 Å². The summed E-state index contributed by atoms with van der Waals surface area (Å²) >= 11 is 6.55. The summed E-state index contributed by atoms with van der Waals surface area (Å²) in [4.78, 5) is 17.0. The highest BCUT2D eigenvalue weighted by atomic mass is 35.5. The summed E-state index contributed by atoms with van der Waals surface area (Å²) in [5.41, 5.74) is 4.65. The lowest BCUT2D eigenvalue weighted by atomic mass is 9.91. The normalized spacial score (nSPS) is 17.6. The van der Waals surface area contributed by atoms with Crippen LogP contribution in [0.15, 0.2) is 24.4 Å². The second kappa shape index (κ2) is 5.63. The Balaban J connectivity index is 2.00. The van der Waals surface area contributed by atoms with Gasteiger partial charge in [-0.3, -0.25) is 9.48 Å². The summed E-state index contributed by atoms with van der Waals surface area (Å²) < 4.78 is 3.74. The lowest BCUT2D eigenvalue weighted by molar-refractivity contribution is -0.121. The van der Waals surface area contributed by atoms with Crippen molar-refractivity contribution in [3.8, 4) is 0 Å². The van der Waals surface area contributed by atoms with Gasteiger partial charge < -0.3 is 9.72 Å². The van der Waals surface area contributed by atoms with Crippen LogP contribution in [0.25, 0.3) is 5.65 Å². The van der Waals surface area contributed by atoms with Gasteiger partial charge in [-0.25, -0.2) is 4.98 Å². The zero-order valence-electron chi connectivity index (χ0n) is 13.6. The fraction of sp³-hybridized carbons (Fsp3) is 0.353. The molecule has 1 amide bonds. The third-order valence-corrected chi connectivity index (χ3v) is 5.04. The van der Waals surface area contributed by atoms with E-state index in [1.54, 1.807) is 4.68 Å². The van der Waals surface area contributed by atoms with Crippen LogP contribution in [0.2, 0.25) is 5.15 Å². The monoisotopic (exact) mass is 343 g/mol. The van der Waals surface area contributed by atoms with Crippen LogP contribution in [0.3, 0.4) is 0 Å². The molecule has 3 aromatic rings. The van der Waals surface area contributed by atoms with Crippen LogP contribution in [0, 0.1) is 0 Å². The van der Waals surface area contributed by atoms with Crippen molar-refractivity contribution in [1.29, 1.82) is 0 Å². The molecular weight excluding hydrogens is 326 g/mol. The molecule has 1 N–H and O–H groups in total. The van der Waals surface area contributed by atoms with Crippen molar-refractivity contribution >= 4 is 23.2 Å². The standard InChI is InChI=1S/C17H18ClN5O/c1-3-11-15(17(18)22(2)21-11)10-8-14(24)19-9-12-16(10)23-7-5-4-6-13(23)20-12/h4-7,10H,3,8-9H2,1-2H3,(H,19,24)/t10-/m0/s1. The second-order valence-electron chi connectivity index (χ2n) is 6.03. The zero-order valence-corrected chi connectivity index (χ0v) is 14.3. The summed E-state index contributed by atoms with van der Waals surface area (Å²) in [6, 6.07) is 5.90. The van der Waals surface area contributed by atoms with Crippen molar-refractivity contribution in [2.75, 3.05) is 0 Å². The van der Waals surface area contributed by atoms with E-state index in [1.807, 2.05) is 38.4 Å². The highest BCUT2D eigenvalue weighted by molar-refractivity contribution is 6.30. The molecule has 4 rings (SSSR count). The summed E-state index contributed by atoms with van der Waals surface area (Å²) in [7, 11) is 1.83. The smallest absolute Gasteiger partial charge is 0.221 e. The van der Waals surface area contributed by atoms with Gasteiger partial charge in [-0.15, -0.1) is 0 Å². The Morgan fingerprint density at radius 1 is 1.42 bits per heavy atom. The Morgan fingerprint density at radius 3 is 3.04 bits per heavy atom. The third kappa shape index (κ3) is 2.21. The highest BCUT2D eigenvalue weighted by Gasteiger charge is 2.33. The summed E-state index contributed by atoms with van der Waals surface area (Å²) in [5, 5.41) is 8.05. The molecule has 0 radical (unpaired) electrons. The van der Waals surface area contributed by atoms with Crippen LogP contribution in [-0.4, -0.2) is 25.1 Å². The first-order valence-corrected chi connectivity index (χ1v) is 8.41. The number of halogens is 1. The van der Waals surface area contributed by atoms with Crippen molar-refractivity contribution in [3.05, 3.63) is 52.2 Å². The molecule has 0 unspecified atom stereocenters. The van der Waals surface area contributed by atoms with Gasteiger partial charge >= 0.3 is 0 Å². The Morgan fingerprint density at radius 2 is 2.25 bits per heavy atom. The minimum Gasteiger partial charge on any atom is -0.350 e. The Labute approximate surface area is 144 Å². The molecule has 3 aromatic heterocycles. The minimum absolute atomic E-state index is 0.00431. The number of pyridine rings is 1. The van der Waals surface area contributed by atoms with Crippen LogP contribution in [0.5, 0.6) is 0 Å². The highest BCUT2D eigenvalue weighted by Crippen LogP contribution is 2.38. The molecule has 7 heteroatoms. The van der Waals surface area contributed by atoms with Gasteiger partial charge in [0.2, 0.25) is 5.91 Å². The first kappa shape index (κ1) is 15.2.